The maximum Gasteiger partial charge on any atom is 0.332 e. The van der Waals surface area contributed by atoms with Crippen molar-refractivity contribution >= 4 is 12.0 Å². The second kappa shape index (κ2) is 6.90. The van der Waals surface area contributed by atoms with Gasteiger partial charge in [0.1, 0.15) is 0 Å². The number of hydrogen-bond acceptors (Lipinski definition) is 4. The summed E-state index contributed by atoms with van der Waals surface area (Å²) >= 11 is 0. The van der Waals surface area contributed by atoms with E-state index in [0.717, 1.165) is 12.8 Å². The fraction of sp³-hybridized carbons (Fsp3) is 0.846. The molecule has 2 unspecified atom stereocenters. The number of carbonyl (C=O) groups is 2. The Morgan fingerprint density at radius 2 is 2.10 bits per heavy atom. The molecule has 114 valence electrons. The molecule has 7 nitrogen and oxygen atoms in total. The summed E-state index contributed by atoms with van der Waals surface area (Å²) < 4.78 is 10.4. The molecule has 1 aliphatic heterocycles. The summed E-state index contributed by atoms with van der Waals surface area (Å²) in [5.74, 6) is -0.932. The lowest BCUT2D eigenvalue weighted by Crippen LogP contribution is -2.45. The number of amides is 2. The van der Waals surface area contributed by atoms with Crippen molar-refractivity contribution in [2.45, 2.75) is 43.9 Å². The summed E-state index contributed by atoms with van der Waals surface area (Å²) in [6.45, 7) is 1.46. The van der Waals surface area contributed by atoms with Crippen molar-refractivity contribution in [2.75, 3.05) is 26.8 Å². The molecule has 0 aromatic rings. The Labute approximate surface area is 118 Å². The van der Waals surface area contributed by atoms with Gasteiger partial charge < -0.3 is 24.8 Å². The molecular weight excluding hydrogens is 264 g/mol. The van der Waals surface area contributed by atoms with Crippen LogP contribution in [0.2, 0.25) is 0 Å². The van der Waals surface area contributed by atoms with Crippen LogP contribution in [-0.2, 0) is 14.3 Å². The predicted molar refractivity (Wildman–Crippen MR) is 70.5 cm³/mol. The molecule has 1 saturated heterocycles. The molecule has 20 heavy (non-hydrogen) atoms. The van der Waals surface area contributed by atoms with Crippen molar-refractivity contribution in [3.05, 3.63) is 0 Å². The van der Waals surface area contributed by atoms with E-state index >= 15 is 0 Å². The molecular formula is C13H22N2O5. The number of carbonyl (C=O) groups excluding carboxylic acids is 1. The molecule has 0 radical (unpaired) electrons. The van der Waals surface area contributed by atoms with Gasteiger partial charge in [0.2, 0.25) is 0 Å². The van der Waals surface area contributed by atoms with Crippen molar-refractivity contribution in [1.29, 1.82) is 0 Å². The smallest absolute Gasteiger partial charge is 0.332 e. The van der Waals surface area contributed by atoms with E-state index in [2.05, 4.69) is 5.32 Å². The first-order valence-corrected chi connectivity index (χ1v) is 7.03. The minimum atomic E-state index is -0.932. The van der Waals surface area contributed by atoms with E-state index in [1.165, 1.54) is 0 Å². The lowest BCUT2D eigenvalue weighted by atomic mass is 10.2. The number of carboxylic acid groups (broad SMARTS) is 1. The van der Waals surface area contributed by atoms with Gasteiger partial charge in [0.15, 0.2) is 6.10 Å². The molecule has 2 amide bonds. The third-order valence-electron chi connectivity index (χ3n) is 3.65. The zero-order chi connectivity index (χ0) is 14.5. The van der Waals surface area contributed by atoms with Gasteiger partial charge in [-0.15, -0.1) is 0 Å². The van der Waals surface area contributed by atoms with E-state index in [4.69, 9.17) is 14.6 Å². The van der Waals surface area contributed by atoms with Crippen LogP contribution in [-0.4, -0.2) is 67.1 Å². The normalized spacial score (nSPS) is 25.4. The fourth-order valence-electron chi connectivity index (χ4n) is 2.37. The molecule has 2 N–H and O–H groups in total. The Kier molecular flexibility index (Phi) is 5.19. The van der Waals surface area contributed by atoms with Gasteiger partial charge in [-0.2, -0.15) is 0 Å². The van der Waals surface area contributed by atoms with Gasteiger partial charge in [0, 0.05) is 26.2 Å². The number of methoxy groups -OCH3 is 1. The van der Waals surface area contributed by atoms with Gasteiger partial charge in [-0.05, 0) is 25.7 Å². The van der Waals surface area contributed by atoms with Crippen LogP contribution in [0.5, 0.6) is 0 Å². The van der Waals surface area contributed by atoms with Crippen LogP contribution in [0.25, 0.3) is 0 Å². The standard InChI is InChI=1S/C13H22N2O5/c1-19-7-6-15(9-2-3-9)13(18)14-8-10-4-5-11(20-10)12(16)17/h9-11H,2-8H2,1H3,(H,14,18)(H,16,17). The zero-order valence-corrected chi connectivity index (χ0v) is 11.7. The van der Waals surface area contributed by atoms with E-state index < -0.39 is 12.1 Å². The maximum absolute atomic E-state index is 12.1. The molecule has 1 saturated carbocycles. The highest BCUT2D eigenvalue weighted by Crippen LogP contribution is 2.26. The summed E-state index contributed by atoms with van der Waals surface area (Å²) in [4.78, 5) is 24.6. The van der Waals surface area contributed by atoms with E-state index in [-0.39, 0.29) is 12.1 Å². The monoisotopic (exact) mass is 286 g/mol. The lowest BCUT2D eigenvalue weighted by Gasteiger charge is -2.23. The molecule has 2 aliphatic rings. The molecule has 0 aromatic carbocycles. The first kappa shape index (κ1) is 15.1. The van der Waals surface area contributed by atoms with Gasteiger partial charge in [-0.1, -0.05) is 0 Å². The number of ether oxygens (including phenoxy) is 2. The Balaban J connectivity index is 1.72. The molecule has 2 fully saturated rings. The van der Waals surface area contributed by atoms with Gasteiger partial charge in [-0.25, -0.2) is 9.59 Å². The zero-order valence-electron chi connectivity index (χ0n) is 11.7. The summed E-state index contributed by atoms with van der Waals surface area (Å²) in [6.07, 6.45) is 2.31. The van der Waals surface area contributed by atoms with Crippen LogP contribution in [0, 0.1) is 0 Å². The summed E-state index contributed by atoms with van der Waals surface area (Å²) in [6, 6.07) is 0.202. The van der Waals surface area contributed by atoms with Gasteiger partial charge in [-0.3, -0.25) is 0 Å². The van der Waals surface area contributed by atoms with E-state index in [9.17, 15) is 9.59 Å². The van der Waals surface area contributed by atoms with Crippen molar-refractivity contribution in [3.8, 4) is 0 Å². The van der Waals surface area contributed by atoms with E-state index in [1.54, 1.807) is 12.0 Å². The average molecular weight is 286 g/mol. The maximum atomic E-state index is 12.1. The van der Waals surface area contributed by atoms with E-state index in [1.807, 2.05) is 0 Å². The number of urea groups is 1. The number of hydrogen-bond donors (Lipinski definition) is 2. The molecule has 1 heterocycles. The van der Waals surface area contributed by atoms with Crippen LogP contribution in [0.15, 0.2) is 0 Å². The van der Waals surface area contributed by atoms with Crippen LogP contribution in [0.1, 0.15) is 25.7 Å². The van der Waals surface area contributed by atoms with Gasteiger partial charge in [0.25, 0.3) is 0 Å². The average Bonchev–Trinajstić information content (AvgIpc) is 3.14. The molecule has 1 aliphatic carbocycles. The topological polar surface area (TPSA) is 88.1 Å². The predicted octanol–water partition coefficient (Wildman–Crippen LogP) is 0.439. The highest BCUT2D eigenvalue weighted by atomic mass is 16.5. The van der Waals surface area contributed by atoms with Crippen molar-refractivity contribution in [2.24, 2.45) is 0 Å². The highest BCUT2D eigenvalue weighted by Gasteiger charge is 2.34. The third kappa shape index (κ3) is 4.08. The summed E-state index contributed by atoms with van der Waals surface area (Å²) in [5, 5.41) is 11.7. The van der Waals surface area contributed by atoms with Crippen molar-refractivity contribution in [3.63, 3.8) is 0 Å². The summed E-state index contributed by atoms with van der Waals surface area (Å²) in [5.41, 5.74) is 0. The molecule has 7 heteroatoms. The number of aliphatic carboxylic acids is 1. The first-order chi connectivity index (χ1) is 9.61. The Bertz CT molecular complexity index is 359. The number of carboxylic acids is 1. The Morgan fingerprint density at radius 1 is 1.35 bits per heavy atom. The van der Waals surface area contributed by atoms with Crippen LogP contribution in [0.3, 0.4) is 0 Å². The molecule has 2 rings (SSSR count). The third-order valence-corrected chi connectivity index (χ3v) is 3.65. The number of nitrogens with one attached hydrogen (secondary N) is 1. The van der Waals surface area contributed by atoms with Crippen molar-refractivity contribution < 1.29 is 24.2 Å². The number of rotatable bonds is 7. The summed E-state index contributed by atoms with van der Waals surface area (Å²) in [7, 11) is 1.61. The van der Waals surface area contributed by atoms with Crippen LogP contribution >= 0.6 is 0 Å². The first-order valence-electron chi connectivity index (χ1n) is 7.03. The minimum Gasteiger partial charge on any atom is -0.479 e. The fourth-order valence-corrected chi connectivity index (χ4v) is 2.37. The van der Waals surface area contributed by atoms with Crippen LogP contribution in [0.4, 0.5) is 4.79 Å². The SMILES string of the molecule is COCCN(C(=O)NCC1CCC(C(=O)O)O1)C1CC1. The van der Waals surface area contributed by atoms with Crippen molar-refractivity contribution in [1.82, 2.24) is 10.2 Å². The Hall–Kier alpha value is -1.34. The van der Waals surface area contributed by atoms with Crippen LogP contribution < -0.4 is 5.32 Å². The Morgan fingerprint density at radius 3 is 2.65 bits per heavy atom. The van der Waals surface area contributed by atoms with Gasteiger partial charge >= 0.3 is 12.0 Å². The molecule has 0 bridgehead atoms. The number of nitrogens with zero attached hydrogens (tertiary/aromatic N) is 1. The minimum absolute atomic E-state index is 0.119. The molecule has 0 aromatic heterocycles. The second-order valence-electron chi connectivity index (χ2n) is 5.27. The quantitative estimate of drug-likeness (QED) is 0.709. The largest absolute Gasteiger partial charge is 0.479 e. The van der Waals surface area contributed by atoms with E-state index in [0.29, 0.717) is 38.6 Å². The molecule has 0 spiro atoms. The second-order valence-corrected chi connectivity index (χ2v) is 5.27. The highest BCUT2D eigenvalue weighted by molar-refractivity contribution is 5.75. The molecule has 2 atom stereocenters. The van der Waals surface area contributed by atoms with Gasteiger partial charge in [0.05, 0.1) is 12.7 Å². The lowest BCUT2D eigenvalue weighted by molar-refractivity contribution is -0.149.